The Morgan fingerprint density at radius 3 is 2.82 bits per heavy atom. The first-order valence-electron chi connectivity index (χ1n) is 5.68. The van der Waals surface area contributed by atoms with Crippen LogP contribution in [-0.4, -0.2) is 35.0 Å². The Morgan fingerprint density at radius 2 is 2.24 bits per heavy atom. The third-order valence-electron chi connectivity index (χ3n) is 2.92. The van der Waals surface area contributed by atoms with Crippen molar-refractivity contribution < 1.29 is 9.53 Å². The predicted molar refractivity (Wildman–Crippen MR) is 65.2 cm³/mol. The molecule has 1 aliphatic rings. The van der Waals surface area contributed by atoms with E-state index in [-0.39, 0.29) is 12.0 Å². The number of rotatable bonds is 2. The largest absolute Gasteiger partial charge is 0.489 e. The molecule has 5 heteroatoms. The van der Waals surface area contributed by atoms with E-state index >= 15 is 0 Å². The van der Waals surface area contributed by atoms with Gasteiger partial charge >= 0.3 is 0 Å². The zero-order valence-corrected chi connectivity index (χ0v) is 10.5. The van der Waals surface area contributed by atoms with E-state index in [1.807, 2.05) is 4.90 Å². The van der Waals surface area contributed by atoms with Gasteiger partial charge in [-0.15, -0.1) is 0 Å². The SMILES string of the molecule is CC(=O)N1CCC(Oc2ccncc2Cl)CC1. The standard InChI is InChI=1S/C12H15ClN2O2/c1-9(16)15-6-3-10(4-7-15)17-12-2-5-14-8-11(12)13/h2,5,8,10H,3-4,6-7H2,1H3. The first-order chi connectivity index (χ1) is 8.16. The summed E-state index contributed by atoms with van der Waals surface area (Å²) >= 11 is 5.97. The molecular weight excluding hydrogens is 240 g/mol. The maximum Gasteiger partial charge on any atom is 0.219 e. The van der Waals surface area contributed by atoms with Gasteiger partial charge in [-0.25, -0.2) is 0 Å². The van der Waals surface area contributed by atoms with Crippen molar-refractivity contribution in [3.8, 4) is 5.75 Å². The number of pyridine rings is 1. The fourth-order valence-electron chi connectivity index (χ4n) is 1.93. The molecule has 0 bridgehead atoms. The van der Waals surface area contributed by atoms with Gasteiger partial charge in [0, 0.05) is 51.3 Å². The molecule has 1 aromatic heterocycles. The fourth-order valence-corrected chi connectivity index (χ4v) is 2.09. The van der Waals surface area contributed by atoms with Gasteiger partial charge in [-0.05, 0) is 0 Å². The van der Waals surface area contributed by atoms with Gasteiger partial charge in [-0.2, -0.15) is 0 Å². The zero-order chi connectivity index (χ0) is 12.3. The maximum absolute atomic E-state index is 11.2. The van der Waals surface area contributed by atoms with E-state index < -0.39 is 0 Å². The van der Waals surface area contributed by atoms with Crippen LogP contribution in [0.2, 0.25) is 5.02 Å². The van der Waals surface area contributed by atoms with Crippen LogP contribution in [0.4, 0.5) is 0 Å². The highest BCUT2D eigenvalue weighted by Crippen LogP contribution is 2.25. The van der Waals surface area contributed by atoms with Crippen LogP contribution in [0.3, 0.4) is 0 Å². The minimum absolute atomic E-state index is 0.130. The average Bonchev–Trinajstić information content (AvgIpc) is 2.33. The second kappa shape index (κ2) is 5.36. The number of carbonyl (C=O) groups is 1. The summed E-state index contributed by atoms with van der Waals surface area (Å²) in [5, 5.41) is 0.529. The summed E-state index contributed by atoms with van der Waals surface area (Å²) in [4.78, 5) is 16.9. The molecule has 0 radical (unpaired) electrons. The Bertz CT molecular complexity index is 403. The number of aromatic nitrogens is 1. The molecule has 0 saturated carbocycles. The number of carbonyl (C=O) groups excluding carboxylic acids is 1. The highest BCUT2D eigenvalue weighted by atomic mass is 35.5. The predicted octanol–water partition coefficient (Wildman–Crippen LogP) is 2.12. The van der Waals surface area contributed by atoms with Gasteiger partial charge in [0.2, 0.25) is 5.91 Å². The lowest BCUT2D eigenvalue weighted by molar-refractivity contribution is -0.130. The molecule has 1 aromatic rings. The molecule has 92 valence electrons. The number of likely N-dealkylation sites (tertiary alicyclic amines) is 1. The van der Waals surface area contributed by atoms with E-state index in [0.717, 1.165) is 25.9 Å². The van der Waals surface area contributed by atoms with Gasteiger partial charge in [0.05, 0.1) is 0 Å². The zero-order valence-electron chi connectivity index (χ0n) is 9.73. The quantitative estimate of drug-likeness (QED) is 0.812. The van der Waals surface area contributed by atoms with Crippen LogP contribution >= 0.6 is 11.6 Å². The van der Waals surface area contributed by atoms with E-state index in [4.69, 9.17) is 16.3 Å². The number of piperidine rings is 1. The average molecular weight is 255 g/mol. The summed E-state index contributed by atoms with van der Waals surface area (Å²) < 4.78 is 5.80. The Labute approximate surface area is 106 Å². The van der Waals surface area contributed by atoms with Crippen LogP contribution < -0.4 is 4.74 Å². The van der Waals surface area contributed by atoms with Crippen LogP contribution in [-0.2, 0) is 4.79 Å². The van der Waals surface area contributed by atoms with Crippen molar-refractivity contribution in [2.24, 2.45) is 0 Å². The number of nitrogens with zero attached hydrogens (tertiary/aromatic N) is 2. The van der Waals surface area contributed by atoms with Gasteiger partial charge in [-0.1, -0.05) is 11.6 Å². The van der Waals surface area contributed by atoms with E-state index in [1.165, 1.54) is 0 Å². The van der Waals surface area contributed by atoms with Crippen LogP contribution in [0.5, 0.6) is 5.75 Å². The number of ether oxygens (including phenoxy) is 1. The molecule has 2 heterocycles. The smallest absolute Gasteiger partial charge is 0.219 e. The van der Waals surface area contributed by atoms with Crippen molar-refractivity contribution in [2.75, 3.05) is 13.1 Å². The Hall–Kier alpha value is -1.29. The van der Waals surface area contributed by atoms with Gasteiger partial charge in [-0.3, -0.25) is 9.78 Å². The molecule has 0 aromatic carbocycles. The van der Waals surface area contributed by atoms with Crippen LogP contribution in [0.1, 0.15) is 19.8 Å². The fraction of sp³-hybridized carbons (Fsp3) is 0.500. The van der Waals surface area contributed by atoms with Crippen molar-refractivity contribution in [3.05, 3.63) is 23.5 Å². The summed E-state index contributed by atoms with van der Waals surface area (Å²) in [5.41, 5.74) is 0. The molecule has 2 rings (SSSR count). The number of amides is 1. The summed E-state index contributed by atoms with van der Waals surface area (Å²) in [6, 6.07) is 1.76. The molecule has 17 heavy (non-hydrogen) atoms. The Kier molecular flexibility index (Phi) is 3.84. The van der Waals surface area contributed by atoms with Crippen molar-refractivity contribution >= 4 is 17.5 Å². The summed E-state index contributed by atoms with van der Waals surface area (Å²) in [6.07, 6.45) is 5.05. The first-order valence-corrected chi connectivity index (χ1v) is 6.06. The molecule has 0 aliphatic carbocycles. The molecule has 1 saturated heterocycles. The van der Waals surface area contributed by atoms with Gasteiger partial charge < -0.3 is 9.64 Å². The second-order valence-corrected chi connectivity index (χ2v) is 4.54. The summed E-state index contributed by atoms with van der Waals surface area (Å²) in [7, 11) is 0. The van der Waals surface area contributed by atoms with Gasteiger partial charge in [0.15, 0.2) is 0 Å². The van der Waals surface area contributed by atoms with Gasteiger partial charge in [0.25, 0.3) is 0 Å². The van der Waals surface area contributed by atoms with Crippen LogP contribution in [0.15, 0.2) is 18.5 Å². The van der Waals surface area contributed by atoms with Crippen molar-refractivity contribution in [1.29, 1.82) is 0 Å². The van der Waals surface area contributed by atoms with Crippen molar-refractivity contribution in [3.63, 3.8) is 0 Å². The van der Waals surface area contributed by atoms with Gasteiger partial charge in [0.1, 0.15) is 16.9 Å². The molecule has 1 amide bonds. The number of hydrogen-bond donors (Lipinski definition) is 0. The second-order valence-electron chi connectivity index (χ2n) is 4.13. The maximum atomic E-state index is 11.2. The third kappa shape index (κ3) is 3.09. The lowest BCUT2D eigenvalue weighted by atomic mass is 10.1. The lowest BCUT2D eigenvalue weighted by Gasteiger charge is -2.31. The number of hydrogen-bond acceptors (Lipinski definition) is 3. The van der Waals surface area contributed by atoms with E-state index in [0.29, 0.717) is 10.8 Å². The van der Waals surface area contributed by atoms with Crippen LogP contribution in [0.25, 0.3) is 0 Å². The lowest BCUT2D eigenvalue weighted by Crippen LogP contribution is -2.40. The van der Waals surface area contributed by atoms with E-state index in [9.17, 15) is 4.79 Å². The highest BCUT2D eigenvalue weighted by Gasteiger charge is 2.22. The number of halogens is 1. The Morgan fingerprint density at radius 1 is 1.53 bits per heavy atom. The first kappa shape index (κ1) is 12.2. The molecule has 0 spiro atoms. The molecular formula is C12H15ClN2O2. The molecule has 0 unspecified atom stereocenters. The summed E-state index contributed by atoms with van der Waals surface area (Å²) in [6.45, 7) is 3.10. The minimum atomic E-state index is 0.130. The minimum Gasteiger partial charge on any atom is -0.489 e. The van der Waals surface area contributed by atoms with Crippen molar-refractivity contribution in [2.45, 2.75) is 25.9 Å². The topological polar surface area (TPSA) is 42.4 Å². The third-order valence-corrected chi connectivity index (χ3v) is 3.20. The molecule has 1 aliphatic heterocycles. The monoisotopic (exact) mass is 254 g/mol. The molecule has 0 atom stereocenters. The summed E-state index contributed by atoms with van der Waals surface area (Å²) in [5.74, 6) is 0.799. The van der Waals surface area contributed by atoms with Crippen LogP contribution in [0, 0.1) is 0 Å². The van der Waals surface area contributed by atoms with E-state index in [1.54, 1.807) is 25.4 Å². The van der Waals surface area contributed by atoms with Crippen molar-refractivity contribution in [1.82, 2.24) is 9.88 Å². The normalized spacial score (nSPS) is 16.9. The molecule has 1 fully saturated rings. The Balaban J connectivity index is 1.90. The molecule has 4 nitrogen and oxygen atoms in total. The highest BCUT2D eigenvalue weighted by molar-refractivity contribution is 6.31. The molecule has 0 N–H and O–H groups in total. The van der Waals surface area contributed by atoms with E-state index in [2.05, 4.69) is 4.98 Å².